The van der Waals surface area contributed by atoms with E-state index in [4.69, 9.17) is 40.5 Å². The third-order valence-corrected chi connectivity index (χ3v) is 3.18. The molecule has 0 bridgehead atoms. The van der Waals surface area contributed by atoms with Crippen molar-refractivity contribution in [2.45, 2.75) is 0 Å². The first-order valence-electron chi connectivity index (χ1n) is 5.15. The lowest BCUT2D eigenvalue weighted by atomic mass is 10.2. The van der Waals surface area contributed by atoms with Crippen molar-refractivity contribution in [3.05, 3.63) is 51.1 Å². The molecule has 19 heavy (non-hydrogen) atoms. The number of carbonyl (C=O) groups is 1. The zero-order valence-corrected chi connectivity index (χ0v) is 11.7. The van der Waals surface area contributed by atoms with Crippen molar-refractivity contribution in [2.75, 3.05) is 11.1 Å². The van der Waals surface area contributed by atoms with Crippen LogP contribution in [0.1, 0.15) is 10.4 Å². The van der Waals surface area contributed by atoms with E-state index in [9.17, 15) is 4.79 Å². The fraction of sp³-hybridized carbons (Fsp3) is 0. The molecule has 1 amide bonds. The van der Waals surface area contributed by atoms with Crippen LogP contribution in [0.15, 0.2) is 30.5 Å². The Hall–Kier alpha value is -1.49. The topological polar surface area (TPSA) is 68.0 Å². The summed E-state index contributed by atoms with van der Waals surface area (Å²) in [6.45, 7) is 0. The number of nitrogens with two attached hydrogens (primary N) is 1. The lowest BCUT2D eigenvalue weighted by Crippen LogP contribution is -2.13. The molecule has 0 atom stereocenters. The van der Waals surface area contributed by atoms with Crippen LogP contribution in [0.3, 0.4) is 0 Å². The van der Waals surface area contributed by atoms with Gasteiger partial charge in [-0.05, 0) is 24.3 Å². The molecule has 1 heterocycles. The van der Waals surface area contributed by atoms with Crippen molar-refractivity contribution >= 4 is 52.2 Å². The molecule has 7 heteroatoms. The van der Waals surface area contributed by atoms with Crippen LogP contribution in [0, 0.1) is 0 Å². The third kappa shape index (κ3) is 3.29. The van der Waals surface area contributed by atoms with Gasteiger partial charge in [-0.3, -0.25) is 4.79 Å². The molecule has 98 valence electrons. The van der Waals surface area contributed by atoms with Crippen molar-refractivity contribution in [1.29, 1.82) is 0 Å². The fourth-order valence-electron chi connectivity index (χ4n) is 1.36. The van der Waals surface area contributed by atoms with Crippen molar-refractivity contribution in [3.63, 3.8) is 0 Å². The Morgan fingerprint density at radius 2 is 1.89 bits per heavy atom. The molecule has 4 nitrogen and oxygen atoms in total. The number of anilines is 2. The van der Waals surface area contributed by atoms with Crippen LogP contribution in [0.4, 0.5) is 11.5 Å². The Bertz CT molecular complexity index is 646. The standard InChI is InChI=1S/C12H8Cl3N3O/c13-7-1-2-8(14)10(4-7)18-12(19)6-3-9(15)11(16)17-5-6/h1-5H,(H2,16,17)(H,18,19). The molecule has 0 fully saturated rings. The number of nitrogen functional groups attached to an aromatic ring is 1. The maximum atomic E-state index is 12.0. The molecule has 0 aliphatic rings. The number of benzene rings is 1. The van der Waals surface area contributed by atoms with Crippen LogP contribution in [-0.2, 0) is 0 Å². The molecule has 0 spiro atoms. The van der Waals surface area contributed by atoms with Gasteiger partial charge in [0.15, 0.2) is 0 Å². The van der Waals surface area contributed by atoms with Crippen molar-refractivity contribution in [1.82, 2.24) is 4.98 Å². The number of aromatic nitrogens is 1. The molecule has 0 saturated carbocycles. The Kier molecular flexibility index (Phi) is 4.14. The molecule has 2 aromatic rings. The summed E-state index contributed by atoms with van der Waals surface area (Å²) in [5.74, 6) is -0.238. The summed E-state index contributed by atoms with van der Waals surface area (Å²) in [5.41, 5.74) is 6.15. The number of pyridine rings is 1. The van der Waals surface area contributed by atoms with Crippen LogP contribution in [0.5, 0.6) is 0 Å². The van der Waals surface area contributed by atoms with E-state index in [0.717, 1.165) is 0 Å². The normalized spacial score (nSPS) is 10.3. The van der Waals surface area contributed by atoms with Gasteiger partial charge in [-0.2, -0.15) is 0 Å². The lowest BCUT2D eigenvalue weighted by molar-refractivity contribution is 0.102. The number of carbonyl (C=O) groups excluding carboxylic acids is 1. The van der Waals surface area contributed by atoms with E-state index in [2.05, 4.69) is 10.3 Å². The molecule has 0 aliphatic carbocycles. The first kappa shape index (κ1) is 13.9. The van der Waals surface area contributed by atoms with E-state index < -0.39 is 5.91 Å². The summed E-state index contributed by atoms with van der Waals surface area (Å²) in [6, 6.07) is 6.20. The number of hydrogen-bond donors (Lipinski definition) is 2. The van der Waals surface area contributed by atoms with Crippen LogP contribution in [0.25, 0.3) is 0 Å². The molecular weight excluding hydrogens is 309 g/mol. The smallest absolute Gasteiger partial charge is 0.257 e. The molecule has 3 N–H and O–H groups in total. The number of hydrogen-bond acceptors (Lipinski definition) is 3. The summed E-state index contributed by atoms with van der Waals surface area (Å²) in [6.07, 6.45) is 1.33. The second-order valence-electron chi connectivity index (χ2n) is 3.67. The largest absolute Gasteiger partial charge is 0.382 e. The van der Waals surface area contributed by atoms with Gasteiger partial charge in [-0.15, -0.1) is 0 Å². The summed E-state index contributed by atoms with van der Waals surface area (Å²) in [4.78, 5) is 15.8. The molecule has 0 unspecified atom stereocenters. The van der Waals surface area contributed by atoms with E-state index in [1.54, 1.807) is 18.2 Å². The predicted octanol–water partition coefficient (Wildman–Crippen LogP) is 3.88. The number of nitrogens with one attached hydrogen (secondary N) is 1. The van der Waals surface area contributed by atoms with E-state index in [-0.39, 0.29) is 16.4 Å². The van der Waals surface area contributed by atoms with Crippen LogP contribution in [-0.4, -0.2) is 10.9 Å². The van der Waals surface area contributed by atoms with Gasteiger partial charge in [-0.25, -0.2) is 4.98 Å². The highest BCUT2D eigenvalue weighted by Crippen LogP contribution is 2.26. The van der Waals surface area contributed by atoms with Gasteiger partial charge in [0.2, 0.25) is 0 Å². The highest BCUT2D eigenvalue weighted by molar-refractivity contribution is 6.36. The Morgan fingerprint density at radius 1 is 1.16 bits per heavy atom. The van der Waals surface area contributed by atoms with Gasteiger partial charge in [-0.1, -0.05) is 34.8 Å². The first-order valence-corrected chi connectivity index (χ1v) is 6.28. The third-order valence-electron chi connectivity index (χ3n) is 2.31. The second kappa shape index (κ2) is 5.65. The monoisotopic (exact) mass is 315 g/mol. The summed E-state index contributed by atoms with van der Waals surface area (Å²) < 4.78 is 0. The van der Waals surface area contributed by atoms with Crippen LogP contribution >= 0.6 is 34.8 Å². The van der Waals surface area contributed by atoms with Crippen LogP contribution in [0.2, 0.25) is 15.1 Å². The maximum Gasteiger partial charge on any atom is 0.257 e. The minimum Gasteiger partial charge on any atom is -0.382 e. The average Bonchev–Trinajstić information content (AvgIpc) is 2.37. The average molecular weight is 317 g/mol. The molecule has 0 saturated heterocycles. The molecular formula is C12H8Cl3N3O. The predicted molar refractivity (Wildman–Crippen MR) is 78.1 cm³/mol. The molecule has 2 rings (SSSR count). The number of rotatable bonds is 2. The zero-order chi connectivity index (χ0) is 14.0. The van der Waals surface area contributed by atoms with Gasteiger partial charge < -0.3 is 11.1 Å². The minimum absolute atomic E-state index is 0.166. The van der Waals surface area contributed by atoms with Gasteiger partial charge in [0, 0.05) is 11.2 Å². The fourth-order valence-corrected chi connectivity index (χ4v) is 1.86. The Morgan fingerprint density at radius 3 is 2.58 bits per heavy atom. The highest BCUT2D eigenvalue weighted by Gasteiger charge is 2.11. The van der Waals surface area contributed by atoms with Crippen LogP contribution < -0.4 is 11.1 Å². The quantitative estimate of drug-likeness (QED) is 0.883. The Balaban J connectivity index is 2.25. The summed E-state index contributed by atoms with van der Waals surface area (Å²) >= 11 is 17.6. The highest BCUT2D eigenvalue weighted by atomic mass is 35.5. The molecule has 0 aliphatic heterocycles. The van der Waals surface area contributed by atoms with E-state index in [1.807, 2.05) is 0 Å². The van der Waals surface area contributed by atoms with Crippen molar-refractivity contribution in [2.24, 2.45) is 0 Å². The first-order chi connectivity index (χ1) is 8.97. The van der Waals surface area contributed by atoms with E-state index in [1.165, 1.54) is 12.3 Å². The number of amides is 1. The van der Waals surface area contributed by atoms with E-state index in [0.29, 0.717) is 15.7 Å². The number of nitrogens with zero attached hydrogens (tertiary/aromatic N) is 1. The van der Waals surface area contributed by atoms with Gasteiger partial charge in [0.05, 0.1) is 21.3 Å². The maximum absolute atomic E-state index is 12.0. The SMILES string of the molecule is Nc1ncc(C(=O)Nc2cc(Cl)ccc2Cl)cc1Cl. The van der Waals surface area contributed by atoms with Gasteiger partial charge in [0.25, 0.3) is 5.91 Å². The second-order valence-corrected chi connectivity index (χ2v) is 4.92. The van der Waals surface area contributed by atoms with Gasteiger partial charge in [0.1, 0.15) is 5.82 Å². The zero-order valence-electron chi connectivity index (χ0n) is 9.45. The minimum atomic E-state index is -0.404. The summed E-state index contributed by atoms with van der Waals surface area (Å²) in [7, 11) is 0. The van der Waals surface area contributed by atoms with E-state index >= 15 is 0 Å². The molecule has 1 aromatic carbocycles. The molecule has 0 radical (unpaired) electrons. The van der Waals surface area contributed by atoms with Crippen molar-refractivity contribution in [3.8, 4) is 0 Å². The Labute approximate surface area is 124 Å². The summed E-state index contributed by atoms with van der Waals surface area (Å²) in [5, 5.41) is 3.68. The lowest BCUT2D eigenvalue weighted by Gasteiger charge is -2.08. The number of halogens is 3. The molecule has 1 aromatic heterocycles. The van der Waals surface area contributed by atoms with Crippen molar-refractivity contribution < 1.29 is 4.79 Å². The van der Waals surface area contributed by atoms with Gasteiger partial charge >= 0.3 is 0 Å².